The van der Waals surface area contributed by atoms with Crippen LogP contribution in [-0.4, -0.2) is 27.2 Å². The van der Waals surface area contributed by atoms with Crippen molar-refractivity contribution in [1.82, 2.24) is 4.31 Å². The Kier molecular flexibility index (Phi) is 6.28. The topological polar surface area (TPSA) is 71.5 Å². The predicted molar refractivity (Wildman–Crippen MR) is 130 cm³/mol. The van der Waals surface area contributed by atoms with Crippen LogP contribution in [0.2, 0.25) is 0 Å². The van der Waals surface area contributed by atoms with Gasteiger partial charge in [0.1, 0.15) is 0 Å². The van der Waals surface area contributed by atoms with E-state index < -0.39 is 25.9 Å². The first-order valence-electron chi connectivity index (χ1n) is 10.5. The summed E-state index contributed by atoms with van der Waals surface area (Å²) in [4.78, 5) is 0.425. The Hall–Kier alpha value is -3.16. The zero-order valence-corrected chi connectivity index (χ0v) is 20.1. The largest absolute Gasteiger partial charge is 0.266 e. The van der Waals surface area contributed by atoms with Gasteiger partial charge in [0, 0.05) is 6.20 Å². The van der Waals surface area contributed by atoms with E-state index in [0.29, 0.717) is 6.42 Å². The van der Waals surface area contributed by atoms with Crippen LogP contribution < -0.4 is 0 Å². The van der Waals surface area contributed by atoms with Gasteiger partial charge in [-0.2, -0.15) is 0 Å². The highest BCUT2D eigenvalue weighted by Gasteiger charge is 2.32. The molecule has 1 aliphatic heterocycles. The molecule has 0 aromatic heterocycles. The van der Waals surface area contributed by atoms with E-state index in [1.807, 2.05) is 44.2 Å². The molecule has 33 heavy (non-hydrogen) atoms. The van der Waals surface area contributed by atoms with Crippen LogP contribution in [0.25, 0.3) is 0 Å². The van der Waals surface area contributed by atoms with Crippen LogP contribution in [0.5, 0.6) is 0 Å². The number of nitrogens with zero attached hydrogens (tertiary/aromatic N) is 1. The smallest absolute Gasteiger partial charge is 0.264 e. The average Bonchev–Trinajstić information content (AvgIpc) is 2.80. The molecule has 0 unspecified atom stereocenters. The second-order valence-electron chi connectivity index (χ2n) is 8.11. The minimum absolute atomic E-state index is 0.0858. The molecule has 1 atom stereocenters. The van der Waals surface area contributed by atoms with Crippen molar-refractivity contribution in [2.24, 2.45) is 0 Å². The number of hydrogen-bond donors (Lipinski definition) is 0. The summed E-state index contributed by atoms with van der Waals surface area (Å²) in [5.74, 6) is 0. The number of aryl methyl sites for hydroxylation is 2. The number of allylic oxidation sites excluding steroid dienone is 1. The van der Waals surface area contributed by atoms with Crippen LogP contribution in [0.3, 0.4) is 0 Å². The molecule has 3 aromatic rings. The fourth-order valence-electron chi connectivity index (χ4n) is 3.70. The van der Waals surface area contributed by atoms with Gasteiger partial charge in [0.25, 0.3) is 10.0 Å². The Balaban J connectivity index is 1.76. The van der Waals surface area contributed by atoms with Crippen LogP contribution >= 0.6 is 0 Å². The van der Waals surface area contributed by atoms with E-state index in [1.165, 1.54) is 22.7 Å². The fourth-order valence-corrected chi connectivity index (χ4v) is 6.48. The molecule has 4 rings (SSSR count). The summed E-state index contributed by atoms with van der Waals surface area (Å²) in [5.41, 5.74) is 2.82. The maximum Gasteiger partial charge on any atom is 0.264 e. The van der Waals surface area contributed by atoms with Crippen LogP contribution in [0.15, 0.2) is 112 Å². The molecule has 3 aromatic carbocycles. The summed E-state index contributed by atoms with van der Waals surface area (Å²) in [6.07, 6.45) is 4.60. The van der Waals surface area contributed by atoms with E-state index >= 15 is 0 Å². The van der Waals surface area contributed by atoms with E-state index in [9.17, 15) is 16.8 Å². The molecule has 0 fully saturated rings. The van der Waals surface area contributed by atoms with Gasteiger partial charge in [-0.1, -0.05) is 65.7 Å². The molecule has 0 saturated carbocycles. The number of hydrogen-bond acceptors (Lipinski definition) is 4. The molecule has 170 valence electrons. The summed E-state index contributed by atoms with van der Waals surface area (Å²) < 4.78 is 54.7. The van der Waals surface area contributed by atoms with Gasteiger partial charge in [-0.3, -0.25) is 4.31 Å². The van der Waals surface area contributed by atoms with Crippen molar-refractivity contribution in [3.8, 4) is 0 Å². The highest BCUT2D eigenvalue weighted by atomic mass is 32.2. The third-order valence-corrected chi connectivity index (χ3v) is 9.20. The predicted octanol–water partition coefficient (Wildman–Crippen LogP) is 4.79. The van der Waals surface area contributed by atoms with Gasteiger partial charge in [-0.05, 0) is 62.2 Å². The van der Waals surface area contributed by atoms with Gasteiger partial charge in [-0.25, -0.2) is 16.8 Å². The van der Waals surface area contributed by atoms with E-state index in [1.54, 1.807) is 48.5 Å². The van der Waals surface area contributed by atoms with Gasteiger partial charge in [-0.15, -0.1) is 0 Å². The van der Waals surface area contributed by atoms with Crippen LogP contribution in [0.4, 0.5) is 0 Å². The highest BCUT2D eigenvalue weighted by Crippen LogP contribution is 2.30. The van der Waals surface area contributed by atoms with E-state index in [0.717, 1.165) is 16.7 Å². The first kappa shape index (κ1) is 23.0. The third kappa shape index (κ3) is 4.79. The van der Waals surface area contributed by atoms with Crippen molar-refractivity contribution in [3.63, 3.8) is 0 Å². The van der Waals surface area contributed by atoms with Crippen LogP contribution in [0.1, 0.15) is 16.7 Å². The van der Waals surface area contributed by atoms with Crippen molar-refractivity contribution in [2.75, 3.05) is 0 Å². The van der Waals surface area contributed by atoms with Crippen molar-refractivity contribution in [2.45, 2.75) is 36.1 Å². The Labute approximate surface area is 195 Å². The van der Waals surface area contributed by atoms with E-state index in [-0.39, 0.29) is 14.7 Å². The standard InChI is InChI=1S/C26H25NO4S2/c1-20-8-12-24(13-9-20)32(28,29)26-16-17-27(23(19-26)18-22-6-4-3-5-7-22)33(30,31)25-14-10-21(2)11-15-25/h3-17,19,23H,18H2,1-2H3/t23-/m0/s1. The second-order valence-corrected chi connectivity index (χ2v) is 11.9. The highest BCUT2D eigenvalue weighted by molar-refractivity contribution is 7.95. The molecule has 0 aliphatic carbocycles. The SMILES string of the molecule is Cc1ccc(S(=O)(=O)C2=C[C@H](Cc3ccccc3)N(S(=O)(=O)c3ccc(C)cc3)C=C2)cc1. The molecule has 0 N–H and O–H groups in total. The minimum atomic E-state index is -3.88. The quantitative estimate of drug-likeness (QED) is 0.510. The van der Waals surface area contributed by atoms with Gasteiger partial charge < -0.3 is 0 Å². The van der Waals surface area contributed by atoms with Crippen molar-refractivity contribution >= 4 is 19.9 Å². The van der Waals surface area contributed by atoms with Gasteiger partial charge in [0.2, 0.25) is 9.84 Å². The molecule has 0 bridgehead atoms. The lowest BCUT2D eigenvalue weighted by molar-refractivity contribution is 0.441. The summed E-state index contributed by atoms with van der Waals surface area (Å²) >= 11 is 0. The van der Waals surface area contributed by atoms with E-state index in [2.05, 4.69) is 0 Å². The Morgan fingerprint density at radius 1 is 0.727 bits per heavy atom. The van der Waals surface area contributed by atoms with E-state index in [4.69, 9.17) is 0 Å². The van der Waals surface area contributed by atoms with Crippen molar-refractivity contribution < 1.29 is 16.8 Å². The molecule has 0 saturated heterocycles. The maximum absolute atomic E-state index is 13.5. The maximum atomic E-state index is 13.5. The monoisotopic (exact) mass is 479 g/mol. The van der Waals surface area contributed by atoms with Crippen molar-refractivity contribution in [3.05, 3.63) is 119 Å². The lowest BCUT2D eigenvalue weighted by atomic mass is 10.0. The molecule has 0 spiro atoms. The zero-order valence-electron chi connectivity index (χ0n) is 18.4. The average molecular weight is 480 g/mol. The fraction of sp³-hybridized carbons (Fsp3) is 0.154. The molecule has 7 heteroatoms. The summed E-state index contributed by atoms with van der Waals surface area (Å²) in [5, 5.41) is 0. The Morgan fingerprint density at radius 2 is 1.27 bits per heavy atom. The lowest BCUT2D eigenvalue weighted by Gasteiger charge is -2.31. The first-order chi connectivity index (χ1) is 15.7. The molecule has 0 radical (unpaired) electrons. The lowest BCUT2D eigenvalue weighted by Crippen LogP contribution is -2.38. The molecule has 5 nitrogen and oxygen atoms in total. The van der Waals surface area contributed by atoms with Gasteiger partial charge >= 0.3 is 0 Å². The summed E-state index contributed by atoms with van der Waals surface area (Å²) in [6.45, 7) is 3.78. The van der Waals surface area contributed by atoms with Crippen molar-refractivity contribution in [1.29, 1.82) is 0 Å². The molecule has 0 amide bonds. The summed E-state index contributed by atoms with van der Waals surface area (Å²) in [6, 6.07) is 22.0. The van der Waals surface area contributed by atoms with Crippen LogP contribution in [-0.2, 0) is 26.3 Å². The number of sulfonamides is 1. The molecule has 1 aliphatic rings. The van der Waals surface area contributed by atoms with Gasteiger partial charge in [0.05, 0.1) is 20.7 Å². The third-order valence-electron chi connectivity index (χ3n) is 5.59. The summed E-state index contributed by atoms with van der Waals surface area (Å²) in [7, 11) is -7.67. The molecule has 1 heterocycles. The first-order valence-corrected chi connectivity index (χ1v) is 13.5. The molecular weight excluding hydrogens is 454 g/mol. The van der Waals surface area contributed by atoms with Gasteiger partial charge in [0.15, 0.2) is 0 Å². The van der Waals surface area contributed by atoms with Crippen LogP contribution in [0, 0.1) is 13.8 Å². The Bertz CT molecular complexity index is 1410. The number of sulfone groups is 1. The zero-order chi connectivity index (χ0) is 23.6. The number of rotatable bonds is 6. The Morgan fingerprint density at radius 3 is 1.85 bits per heavy atom. The normalized spacial score (nSPS) is 16.5. The molecular formula is C26H25NO4S2. The minimum Gasteiger partial charge on any atom is -0.266 e. The second kappa shape index (κ2) is 9.00. The number of benzene rings is 3.